The van der Waals surface area contributed by atoms with Crippen LogP contribution < -0.4 is 0 Å². The highest BCUT2D eigenvalue weighted by Crippen LogP contribution is 2.26. The van der Waals surface area contributed by atoms with Gasteiger partial charge in [-0.2, -0.15) is 0 Å². The summed E-state index contributed by atoms with van der Waals surface area (Å²) in [7, 11) is 0. The molecule has 0 amide bonds. The van der Waals surface area contributed by atoms with Crippen molar-refractivity contribution < 1.29 is 5.11 Å². The quantitative estimate of drug-likeness (QED) is 0.598. The Hall–Kier alpha value is -0.0800. The van der Waals surface area contributed by atoms with Crippen LogP contribution in [0.5, 0.6) is 0 Å². The fraction of sp³-hybridized carbons (Fsp3) is 1.00. The molecular formula is C7H15NO. The minimum Gasteiger partial charge on any atom is -0.391 e. The van der Waals surface area contributed by atoms with Crippen LogP contribution in [0.4, 0.5) is 0 Å². The van der Waals surface area contributed by atoms with Crippen molar-refractivity contribution in [2.75, 3.05) is 13.1 Å². The van der Waals surface area contributed by atoms with Crippen molar-refractivity contribution in [3.63, 3.8) is 0 Å². The molecule has 0 bridgehead atoms. The van der Waals surface area contributed by atoms with Gasteiger partial charge < -0.3 is 5.11 Å². The van der Waals surface area contributed by atoms with Crippen molar-refractivity contribution in [3.8, 4) is 0 Å². The summed E-state index contributed by atoms with van der Waals surface area (Å²) < 4.78 is 0. The smallest absolute Gasteiger partial charge is 0.0712 e. The second kappa shape index (κ2) is 2.67. The highest BCUT2D eigenvalue weighted by molar-refractivity contribution is 4.94. The summed E-state index contributed by atoms with van der Waals surface area (Å²) in [6.45, 7) is 6.40. The largest absolute Gasteiger partial charge is 0.391 e. The number of likely N-dealkylation sites (N-methyl/N-ethyl adjacent to an activating group) is 1. The van der Waals surface area contributed by atoms with Gasteiger partial charge in [0.05, 0.1) is 6.10 Å². The molecule has 2 heteroatoms. The minimum atomic E-state index is -0.0232. The van der Waals surface area contributed by atoms with Crippen LogP contribution in [0.3, 0.4) is 0 Å². The molecule has 2 unspecified atom stereocenters. The Labute approximate surface area is 56.5 Å². The minimum absolute atomic E-state index is 0.0232. The lowest BCUT2D eigenvalue weighted by atomic mass is 10.5. The van der Waals surface area contributed by atoms with Crippen molar-refractivity contribution in [2.45, 2.75) is 32.4 Å². The third-order valence-electron chi connectivity index (χ3n) is 2.01. The van der Waals surface area contributed by atoms with Crippen molar-refractivity contribution in [3.05, 3.63) is 0 Å². The average Bonchev–Trinajstić information content (AvgIpc) is 2.51. The first-order valence-electron chi connectivity index (χ1n) is 3.71. The van der Waals surface area contributed by atoms with E-state index in [-0.39, 0.29) is 6.10 Å². The molecule has 1 saturated carbocycles. The third kappa shape index (κ3) is 1.43. The maximum absolute atomic E-state index is 9.02. The standard InChI is InChI=1S/C7H15NO/c1-3-8(4-2)6-5-7(6)9/h6-7,9H,3-5H2,1-2H3. The molecule has 0 heterocycles. The lowest BCUT2D eigenvalue weighted by Gasteiger charge is -2.16. The van der Waals surface area contributed by atoms with E-state index in [9.17, 15) is 0 Å². The van der Waals surface area contributed by atoms with Crippen LogP contribution in [0, 0.1) is 0 Å². The lowest BCUT2D eigenvalue weighted by molar-refractivity contribution is 0.202. The first kappa shape index (κ1) is 7.03. The molecule has 0 radical (unpaired) electrons. The topological polar surface area (TPSA) is 23.5 Å². The van der Waals surface area contributed by atoms with Gasteiger partial charge in [-0.15, -0.1) is 0 Å². The molecule has 2 atom stereocenters. The molecule has 1 N–H and O–H groups in total. The maximum atomic E-state index is 9.02. The van der Waals surface area contributed by atoms with Gasteiger partial charge in [0.25, 0.3) is 0 Å². The molecule has 1 fully saturated rings. The fourth-order valence-corrected chi connectivity index (χ4v) is 1.25. The number of aliphatic hydroxyl groups is 1. The van der Waals surface area contributed by atoms with Crippen LogP contribution >= 0.6 is 0 Å². The van der Waals surface area contributed by atoms with Gasteiger partial charge in [-0.25, -0.2) is 0 Å². The number of nitrogens with zero attached hydrogens (tertiary/aromatic N) is 1. The number of aliphatic hydroxyl groups excluding tert-OH is 1. The second-order valence-corrected chi connectivity index (χ2v) is 2.59. The Morgan fingerprint density at radius 3 is 2.00 bits per heavy atom. The van der Waals surface area contributed by atoms with Crippen molar-refractivity contribution in [1.29, 1.82) is 0 Å². The Morgan fingerprint density at radius 1 is 1.44 bits per heavy atom. The molecule has 1 aliphatic carbocycles. The van der Waals surface area contributed by atoms with E-state index in [0.29, 0.717) is 6.04 Å². The summed E-state index contributed by atoms with van der Waals surface area (Å²) in [6, 6.07) is 0.486. The first-order chi connectivity index (χ1) is 4.29. The molecule has 0 aliphatic heterocycles. The summed E-state index contributed by atoms with van der Waals surface area (Å²) in [5.41, 5.74) is 0. The van der Waals surface area contributed by atoms with Gasteiger partial charge >= 0.3 is 0 Å². The summed E-state index contributed by atoms with van der Waals surface area (Å²) in [5, 5.41) is 9.02. The fourth-order valence-electron chi connectivity index (χ4n) is 1.25. The Balaban J connectivity index is 2.23. The van der Waals surface area contributed by atoms with E-state index in [4.69, 9.17) is 5.11 Å². The monoisotopic (exact) mass is 129 g/mol. The SMILES string of the molecule is CCN(CC)C1CC1O. The zero-order chi connectivity index (χ0) is 6.85. The van der Waals surface area contributed by atoms with Crippen molar-refractivity contribution in [2.24, 2.45) is 0 Å². The number of rotatable bonds is 3. The van der Waals surface area contributed by atoms with E-state index >= 15 is 0 Å². The molecule has 0 saturated heterocycles. The van der Waals surface area contributed by atoms with E-state index in [1.807, 2.05) is 0 Å². The van der Waals surface area contributed by atoms with Crippen LogP contribution in [0.25, 0.3) is 0 Å². The van der Waals surface area contributed by atoms with E-state index < -0.39 is 0 Å². The van der Waals surface area contributed by atoms with Crippen molar-refractivity contribution >= 4 is 0 Å². The van der Waals surface area contributed by atoms with Gasteiger partial charge in [-0.1, -0.05) is 13.8 Å². The van der Waals surface area contributed by atoms with Gasteiger partial charge in [0.15, 0.2) is 0 Å². The predicted octanol–water partition coefficient (Wildman–Crippen LogP) is 0.461. The summed E-state index contributed by atoms with van der Waals surface area (Å²) in [4.78, 5) is 2.30. The van der Waals surface area contributed by atoms with Crippen LogP contribution in [0.15, 0.2) is 0 Å². The van der Waals surface area contributed by atoms with Gasteiger partial charge in [-0.05, 0) is 19.5 Å². The van der Waals surface area contributed by atoms with Gasteiger partial charge in [0.2, 0.25) is 0 Å². The molecule has 2 nitrogen and oxygen atoms in total. The number of hydrogen-bond acceptors (Lipinski definition) is 2. The van der Waals surface area contributed by atoms with Crippen LogP contribution in [-0.4, -0.2) is 35.2 Å². The zero-order valence-corrected chi connectivity index (χ0v) is 6.17. The van der Waals surface area contributed by atoms with Crippen LogP contribution in [0.2, 0.25) is 0 Å². The Bertz CT molecular complexity index is 90.9. The summed E-state index contributed by atoms with van der Waals surface area (Å²) in [5.74, 6) is 0. The second-order valence-electron chi connectivity index (χ2n) is 2.59. The Kier molecular flexibility index (Phi) is 2.09. The van der Waals surface area contributed by atoms with E-state index in [0.717, 1.165) is 19.5 Å². The molecule has 54 valence electrons. The molecule has 0 spiro atoms. The molecule has 1 rings (SSSR count). The van der Waals surface area contributed by atoms with Gasteiger partial charge in [0, 0.05) is 6.04 Å². The summed E-state index contributed by atoms with van der Waals surface area (Å²) in [6.07, 6.45) is 0.965. The number of hydrogen-bond donors (Lipinski definition) is 1. The highest BCUT2D eigenvalue weighted by Gasteiger charge is 2.38. The molecule has 9 heavy (non-hydrogen) atoms. The molecule has 0 aromatic rings. The van der Waals surface area contributed by atoms with E-state index in [1.165, 1.54) is 0 Å². The maximum Gasteiger partial charge on any atom is 0.0712 e. The van der Waals surface area contributed by atoms with Gasteiger partial charge in [-0.3, -0.25) is 4.90 Å². The van der Waals surface area contributed by atoms with E-state index in [1.54, 1.807) is 0 Å². The lowest BCUT2D eigenvalue weighted by Crippen LogP contribution is -2.27. The average molecular weight is 129 g/mol. The van der Waals surface area contributed by atoms with E-state index in [2.05, 4.69) is 18.7 Å². The van der Waals surface area contributed by atoms with Crippen molar-refractivity contribution in [1.82, 2.24) is 4.90 Å². The van der Waals surface area contributed by atoms with Crippen LogP contribution in [0.1, 0.15) is 20.3 Å². The molecular weight excluding hydrogens is 114 g/mol. The third-order valence-corrected chi connectivity index (χ3v) is 2.01. The molecule has 1 aliphatic rings. The molecule has 0 aromatic heterocycles. The normalized spacial score (nSPS) is 33.3. The predicted molar refractivity (Wildman–Crippen MR) is 37.3 cm³/mol. The molecule has 0 aromatic carbocycles. The van der Waals surface area contributed by atoms with Crippen LogP contribution in [-0.2, 0) is 0 Å². The zero-order valence-electron chi connectivity index (χ0n) is 6.17. The highest BCUT2D eigenvalue weighted by atomic mass is 16.3. The summed E-state index contributed by atoms with van der Waals surface area (Å²) >= 11 is 0. The Morgan fingerprint density at radius 2 is 1.89 bits per heavy atom. The van der Waals surface area contributed by atoms with Gasteiger partial charge in [0.1, 0.15) is 0 Å². The first-order valence-corrected chi connectivity index (χ1v) is 3.71.